The Morgan fingerprint density at radius 2 is 1.67 bits per heavy atom. The van der Waals surface area contributed by atoms with Crippen molar-refractivity contribution < 1.29 is 9.47 Å². The maximum absolute atomic E-state index is 5.74. The topological polar surface area (TPSA) is 43.4 Å². The Bertz CT molecular complexity index is 541. The summed E-state index contributed by atoms with van der Waals surface area (Å²) in [7, 11) is 0. The lowest BCUT2D eigenvalue weighted by molar-refractivity contribution is 0.299. The van der Waals surface area contributed by atoms with E-state index >= 15 is 0 Å². The minimum Gasteiger partial charge on any atom is -0.494 e. The molecule has 0 saturated heterocycles. The highest BCUT2D eigenvalue weighted by atomic mass is 16.5. The molecule has 4 nitrogen and oxygen atoms in total. The number of aromatic nitrogens is 1. The van der Waals surface area contributed by atoms with Gasteiger partial charge in [0.05, 0.1) is 12.3 Å². The highest BCUT2D eigenvalue weighted by molar-refractivity contribution is 5.35. The quantitative estimate of drug-likeness (QED) is 0.799. The number of nitrogens with zero attached hydrogens (tertiary/aromatic N) is 1. The van der Waals surface area contributed by atoms with E-state index in [4.69, 9.17) is 9.47 Å². The number of benzene rings is 1. The Kier molecular flexibility index (Phi) is 5.88. The summed E-state index contributed by atoms with van der Waals surface area (Å²) in [6.07, 6.45) is 1.08. The molecule has 0 aliphatic heterocycles. The van der Waals surface area contributed by atoms with Crippen LogP contribution in [0.25, 0.3) is 0 Å². The molecular formula is C17H22N2O2. The summed E-state index contributed by atoms with van der Waals surface area (Å²) in [6, 6.07) is 13.6. The third kappa shape index (κ3) is 4.99. The largest absolute Gasteiger partial charge is 0.494 e. The third-order valence-corrected chi connectivity index (χ3v) is 2.88. The number of anilines is 1. The van der Waals surface area contributed by atoms with Crippen molar-refractivity contribution in [3.8, 4) is 11.5 Å². The third-order valence-electron chi connectivity index (χ3n) is 2.88. The van der Waals surface area contributed by atoms with Gasteiger partial charge in [-0.1, -0.05) is 13.0 Å². The molecule has 1 aromatic carbocycles. The molecule has 0 saturated carbocycles. The molecule has 112 valence electrons. The van der Waals surface area contributed by atoms with Crippen molar-refractivity contribution in [3.63, 3.8) is 0 Å². The van der Waals surface area contributed by atoms with Crippen molar-refractivity contribution in [1.29, 1.82) is 0 Å². The Morgan fingerprint density at radius 1 is 0.952 bits per heavy atom. The van der Waals surface area contributed by atoms with Crippen LogP contribution in [0.3, 0.4) is 0 Å². The Morgan fingerprint density at radius 3 is 2.33 bits per heavy atom. The second-order valence-electron chi connectivity index (χ2n) is 4.63. The highest BCUT2D eigenvalue weighted by Crippen LogP contribution is 2.18. The summed E-state index contributed by atoms with van der Waals surface area (Å²) in [5, 5.41) is 3.27. The van der Waals surface area contributed by atoms with Crippen LogP contribution in [0, 0.1) is 0 Å². The van der Waals surface area contributed by atoms with Crippen molar-refractivity contribution in [3.05, 3.63) is 48.2 Å². The van der Waals surface area contributed by atoms with Gasteiger partial charge in [0, 0.05) is 6.54 Å². The molecule has 1 aromatic heterocycles. The second kappa shape index (κ2) is 8.15. The lowest BCUT2D eigenvalue weighted by Gasteiger charge is -2.09. The van der Waals surface area contributed by atoms with Crippen molar-refractivity contribution >= 4 is 5.82 Å². The zero-order chi connectivity index (χ0) is 14.9. The second-order valence-corrected chi connectivity index (χ2v) is 4.63. The monoisotopic (exact) mass is 286 g/mol. The summed E-state index contributed by atoms with van der Waals surface area (Å²) < 4.78 is 11.1. The Hall–Kier alpha value is -2.23. The van der Waals surface area contributed by atoms with Gasteiger partial charge in [0.1, 0.15) is 23.9 Å². The lowest BCUT2D eigenvalue weighted by atomic mass is 10.3. The Labute approximate surface area is 126 Å². The lowest BCUT2D eigenvalue weighted by Crippen LogP contribution is -2.04. The molecule has 0 atom stereocenters. The molecule has 0 aliphatic carbocycles. The molecule has 4 heteroatoms. The van der Waals surface area contributed by atoms with Crippen molar-refractivity contribution in [2.75, 3.05) is 18.5 Å². The van der Waals surface area contributed by atoms with Crippen LogP contribution in [0.4, 0.5) is 5.82 Å². The average Bonchev–Trinajstić information content (AvgIpc) is 2.53. The maximum atomic E-state index is 5.74. The Balaban J connectivity index is 1.90. The first-order valence-corrected chi connectivity index (χ1v) is 7.37. The molecule has 0 radical (unpaired) electrons. The van der Waals surface area contributed by atoms with Crippen LogP contribution in [0.5, 0.6) is 11.5 Å². The van der Waals surface area contributed by atoms with Gasteiger partial charge in [-0.25, -0.2) is 4.98 Å². The molecule has 0 spiro atoms. The standard InChI is InChI=1S/C17H22N2O2/c1-3-12-18-17-7-5-6-14(19-17)13-21-16-10-8-15(9-11-16)20-4-2/h5-11H,3-4,12-13H2,1-2H3,(H,18,19). The molecule has 0 unspecified atom stereocenters. The van der Waals surface area contributed by atoms with Gasteiger partial charge < -0.3 is 14.8 Å². The summed E-state index contributed by atoms with van der Waals surface area (Å²) >= 11 is 0. The number of nitrogens with one attached hydrogen (secondary N) is 1. The smallest absolute Gasteiger partial charge is 0.130 e. The summed E-state index contributed by atoms with van der Waals surface area (Å²) in [5.74, 6) is 2.56. The molecule has 2 rings (SSSR count). The van der Waals surface area contributed by atoms with Gasteiger partial charge in [-0.2, -0.15) is 0 Å². The van der Waals surface area contributed by atoms with Gasteiger partial charge >= 0.3 is 0 Å². The van der Waals surface area contributed by atoms with Crippen LogP contribution >= 0.6 is 0 Å². The summed E-state index contributed by atoms with van der Waals surface area (Å²) in [4.78, 5) is 4.51. The van der Waals surface area contributed by atoms with Gasteiger partial charge in [0.2, 0.25) is 0 Å². The molecular weight excluding hydrogens is 264 g/mol. The molecule has 21 heavy (non-hydrogen) atoms. The number of hydrogen-bond acceptors (Lipinski definition) is 4. The van der Waals surface area contributed by atoms with Crippen molar-refractivity contribution in [2.45, 2.75) is 26.9 Å². The SMILES string of the molecule is CCCNc1cccc(COc2ccc(OCC)cc2)n1. The van der Waals surface area contributed by atoms with Crippen LogP contribution < -0.4 is 14.8 Å². The van der Waals surface area contributed by atoms with Gasteiger partial charge in [0.25, 0.3) is 0 Å². The summed E-state index contributed by atoms with van der Waals surface area (Å²) in [6.45, 7) is 6.15. The fourth-order valence-corrected chi connectivity index (χ4v) is 1.87. The van der Waals surface area contributed by atoms with Crippen molar-refractivity contribution in [2.24, 2.45) is 0 Å². The molecule has 1 N–H and O–H groups in total. The van der Waals surface area contributed by atoms with Gasteiger partial charge in [-0.05, 0) is 49.7 Å². The minimum atomic E-state index is 0.454. The minimum absolute atomic E-state index is 0.454. The van der Waals surface area contributed by atoms with E-state index in [9.17, 15) is 0 Å². The van der Waals surface area contributed by atoms with E-state index in [1.165, 1.54) is 0 Å². The number of rotatable bonds is 8. The molecule has 0 fully saturated rings. The normalized spacial score (nSPS) is 10.2. The first-order chi connectivity index (χ1) is 10.3. The maximum Gasteiger partial charge on any atom is 0.130 e. The van der Waals surface area contributed by atoms with E-state index in [2.05, 4.69) is 17.2 Å². The predicted octanol–water partition coefficient (Wildman–Crippen LogP) is 3.88. The van der Waals surface area contributed by atoms with Crippen LogP contribution in [-0.4, -0.2) is 18.1 Å². The van der Waals surface area contributed by atoms with E-state index in [1.807, 2.05) is 49.4 Å². The van der Waals surface area contributed by atoms with E-state index in [0.717, 1.165) is 36.0 Å². The van der Waals surface area contributed by atoms with Crippen LogP contribution in [0.1, 0.15) is 26.0 Å². The van der Waals surface area contributed by atoms with Crippen LogP contribution in [0.2, 0.25) is 0 Å². The molecule has 0 amide bonds. The van der Waals surface area contributed by atoms with E-state index < -0.39 is 0 Å². The van der Waals surface area contributed by atoms with Gasteiger partial charge in [0.15, 0.2) is 0 Å². The number of pyridine rings is 1. The van der Waals surface area contributed by atoms with Gasteiger partial charge in [-0.15, -0.1) is 0 Å². The number of hydrogen-bond donors (Lipinski definition) is 1. The summed E-state index contributed by atoms with van der Waals surface area (Å²) in [5.41, 5.74) is 0.907. The van der Waals surface area contributed by atoms with Crippen LogP contribution in [-0.2, 0) is 6.61 Å². The zero-order valence-corrected chi connectivity index (χ0v) is 12.6. The van der Waals surface area contributed by atoms with Gasteiger partial charge in [-0.3, -0.25) is 0 Å². The molecule has 0 aliphatic rings. The zero-order valence-electron chi connectivity index (χ0n) is 12.6. The fourth-order valence-electron chi connectivity index (χ4n) is 1.87. The predicted molar refractivity (Wildman–Crippen MR) is 85.0 cm³/mol. The molecule has 1 heterocycles. The average molecular weight is 286 g/mol. The van der Waals surface area contributed by atoms with E-state index in [1.54, 1.807) is 0 Å². The molecule has 0 bridgehead atoms. The molecule has 2 aromatic rings. The van der Waals surface area contributed by atoms with E-state index in [-0.39, 0.29) is 0 Å². The first kappa shape index (κ1) is 15.2. The number of ether oxygens (including phenoxy) is 2. The fraction of sp³-hybridized carbons (Fsp3) is 0.353. The highest BCUT2D eigenvalue weighted by Gasteiger charge is 2.00. The van der Waals surface area contributed by atoms with E-state index in [0.29, 0.717) is 13.2 Å². The van der Waals surface area contributed by atoms with Crippen molar-refractivity contribution in [1.82, 2.24) is 4.98 Å². The first-order valence-electron chi connectivity index (χ1n) is 7.37. The van der Waals surface area contributed by atoms with Crippen LogP contribution in [0.15, 0.2) is 42.5 Å².